The molecule has 0 radical (unpaired) electrons. The van der Waals surface area contributed by atoms with Crippen molar-refractivity contribution in [2.75, 3.05) is 26.4 Å². The monoisotopic (exact) mass is 685 g/mol. The lowest BCUT2D eigenvalue weighted by atomic mass is 9.54. The molecular weight excluding hydrogens is 631 g/mol. The third-order valence-corrected chi connectivity index (χ3v) is 17.7. The molecule has 0 aliphatic carbocycles. The Morgan fingerprint density at radius 3 is 1.76 bits per heavy atom. The summed E-state index contributed by atoms with van der Waals surface area (Å²) >= 11 is 0. The number of nitrogens with two attached hydrogens (primary N) is 1. The summed E-state index contributed by atoms with van der Waals surface area (Å²) in [6, 6.07) is 31.0. The average molecular weight is 686 g/mol. The Kier molecular flexibility index (Phi) is 8.85. The summed E-state index contributed by atoms with van der Waals surface area (Å²) in [5, 5.41) is 1.57. The topological polar surface area (TPSA) is 92.4 Å². The Labute approximate surface area is 293 Å². The van der Waals surface area contributed by atoms with Gasteiger partial charge < -0.3 is 34.2 Å². The first-order valence-electron chi connectivity index (χ1n) is 18.0. The van der Waals surface area contributed by atoms with E-state index < -0.39 is 19.0 Å². The van der Waals surface area contributed by atoms with E-state index in [4.69, 9.17) is 29.4 Å². The fourth-order valence-corrected chi connectivity index (χ4v) is 13.6. The van der Waals surface area contributed by atoms with Crippen molar-refractivity contribution in [3.63, 3.8) is 0 Å². The number of benzene rings is 3. The first-order chi connectivity index (χ1) is 23.2. The lowest BCUT2D eigenvalue weighted by Crippen LogP contribution is -2.81. The molecule has 264 valence electrons. The van der Waals surface area contributed by atoms with E-state index >= 15 is 0 Å². The second kappa shape index (κ2) is 12.4. The molecule has 3 aromatic rings. The maximum absolute atomic E-state index is 13.1. The molecule has 4 fully saturated rings. The Morgan fingerprint density at radius 2 is 1.31 bits per heavy atom. The van der Waals surface area contributed by atoms with Crippen LogP contribution in [0, 0.1) is 10.8 Å². The highest BCUT2D eigenvalue weighted by Crippen LogP contribution is 2.64. The van der Waals surface area contributed by atoms with Crippen LogP contribution in [0.4, 0.5) is 0 Å². The summed E-state index contributed by atoms with van der Waals surface area (Å²) in [7, 11) is -3.26. The molecule has 4 aliphatic rings. The van der Waals surface area contributed by atoms with Gasteiger partial charge in [-0.2, -0.15) is 0 Å². The number of hydrogen-bond donors (Lipinski definition) is 2. The summed E-state index contributed by atoms with van der Waals surface area (Å²) in [5.74, 6) is 0.0231. The van der Waals surface area contributed by atoms with Gasteiger partial charge in [0.2, 0.25) is 0 Å². The van der Waals surface area contributed by atoms with Gasteiger partial charge in [0.1, 0.15) is 0 Å². The molecule has 49 heavy (non-hydrogen) atoms. The minimum Gasteiger partial charge on any atom is -0.424 e. The molecule has 3 aromatic carbocycles. The molecule has 2 spiro atoms. The molecule has 3 N–H and O–H groups in total. The summed E-state index contributed by atoms with van der Waals surface area (Å²) in [5.41, 5.74) is 6.96. The van der Waals surface area contributed by atoms with Crippen molar-refractivity contribution < 1.29 is 28.5 Å². The van der Waals surface area contributed by atoms with Crippen LogP contribution in [-0.2, 0) is 23.7 Å². The summed E-state index contributed by atoms with van der Waals surface area (Å²) in [4.78, 5) is 13.1. The SMILES string of the molecule is C[C@H]1OCC12[C@H]([C@@H](N)COC[C@@H]1OC[C@@]13[C@H]([C@H](CC(C)(C)[Si](O)(c1ccccc1)c1ccccc1)c1ccccc1)OC3(C)C)OC2(C)C. The van der Waals surface area contributed by atoms with E-state index in [-0.39, 0.29) is 52.8 Å². The molecular formula is C41H55NO6Si. The number of rotatable bonds is 12. The summed E-state index contributed by atoms with van der Waals surface area (Å²) in [6.07, 6.45) is 0.503. The minimum atomic E-state index is -3.26. The smallest absolute Gasteiger partial charge is 0.258 e. The van der Waals surface area contributed by atoms with E-state index in [0.717, 1.165) is 16.8 Å². The fourth-order valence-electron chi connectivity index (χ4n) is 9.86. The minimum absolute atomic E-state index is 0.0231. The molecule has 1 unspecified atom stereocenters. The Hall–Kier alpha value is -2.40. The van der Waals surface area contributed by atoms with Gasteiger partial charge in [-0.05, 0) is 62.0 Å². The van der Waals surface area contributed by atoms with Crippen LogP contribution in [0.1, 0.15) is 66.4 Å². The van der Waals surface area contributed by atoms with Gasteiger partial charge in [-0.1, -0.05) is 105 Å². The average Bonchev–Trinajstić information content (AvgIpc) is 3.06. The van der Waals surface area contributed by atoms with E-state index in [0.29, 0.717) is 26.4 Å². The van der Waals surface area contributed by atoms with E-state index in [1.54, 1.807) is 0 Å². The van der Waals surface area contributed by atoms with Gasteiger partial charge in [-0.25, -0.2) is 0 Å². The van der Waals surface area contributed by atoms with Crippen molar-refractivity contribution in [1.29, 1.82) is 0 Å². The van der Waals surface area contributed by atoms with E-state index in [2.05, 4.69) is 103 Å². The van der Waals surface area contributed by atoms with Crippen molar-refractivity contribution in [2.24, 2.45) is 16.6 Å². The molecule has 8 heteroatoms. The van der Waals surface area contributed by atoms with Crippen LogP contribution in [-0.4, -0.2) is 81.2 Å². The van der Waals surface area contributed by atoms with Crippen LogP contribution in [0.3, 0.4) is 0 Å². The summed E-state index contributed by atoms with van der Waals surface area (Å²) in [6.45, 7) is 17.3. The van der Waals surface area contributed by atoms with Gasteiger partial charge in [0.15, 0.2) is 0 Å². The molecule has 0 aromatic heterocycles. The highest BCUT2D eigenvalue weighted by atomic mass is 28.4. The first-order valence-corrected chi connectivity index (χ1v) is 20.0. The summed E-state index contributed by atoms with van der Waals surface area (Å²) < 4.78 is 31.8. The van der Waals surface area contributed by atoms with Gasteiger partial charge in [0, 0.05) is 5.92 Å². The van der Waals surface area contributed by atoms with Crippen LogP contribution in [0.15, 0.2) is 91.0 Å². The predicted octanol–water partition coefficient (Wildman–Crippen LogP) is 5.18. The van der Waals surface area contributed by atoms with E-state index in [1.165, 1.54) is 5.56 Å². The van der Waals surface area contributed by atoms with E-state index in [1.807, 2.05) is 36.4 Å². The standard InChI is InChI=1S/C41H55NO6Si/c1-28-40(26-45-28)36(48-38(40,4)5)33(42)24-44-25-34-41(27-46-34)35(47-39(41,6)7)32(29-17-11-8-12-18-29)23-37(2,3)49(43,30-19-13-9-14-20-30)31-21-15-10-16-22-31/h8-22,28,32-36,43H,23-27,42H2,1-7H3/t28-,32-,33+,34+,35+,36+,40?,41+/m1/s1. The second-order valence-corrected chi connectivity index (χ2v) is 20.6. The van der Waals surface area contributed by atoms with Gasteiger partial charge in [0.05, 0.1) is 78.9 Å². The zero-order valence-corrected chi connectivity index (χ0v) is 31.2. The number of ether oxygens (including phenoxy) is 5. The normalized spacial score (nSPS) is 32.8. The van der Waals surface area contributed by atoms with Gasteiger partial charge >= 0.3 is 0 Å². The maximum Gasteiger partial charge on any atom is 0.258 e. The zero-order chi connectivity index (χ0) is 34.9. The Bertz CT molecular complexity index is 1560. The third kappa shape index (κ3) is 5.16. The molecule has 0 saturated carbocycles. The van der Waals surface area contributed by atoms with Crippen molar-refractivity contribution in [3.05, 3.63) is 96.6 Å². The zero-order valence-electron chi connectivity index (χ0n) is 30.2. The number of hydrogen-bond acceptors (Lipinski definition) is 7. The first kappa shape index (κ1) is 35.0. The lowest BCUT2D eigenvalue weighted by Gasteiger charge is -2.70. The molecule has 4 aliphatic heterocycles. The molecule has 7 rings (SSSR count). The highest BCUT2D eigenvalue weighted by molar-refractivity contribution is 6.98. The third-order valence-electron chi connectivity index (χ3n) is 13.2. The predicted molar refractivity (Wildman–Crippen MR) is 195 cm³/mol. The van der Waals surface area contributed by atoms with Crippen LogP contribution in [0.5, 0.6) is 0 Å². The quantitative estimate of drug-likeness (QED) is 0.254. The van der Waals surface area contributed by atoms with Crippen LogP contribution < -0.4 is 16.1 Å². The highest BCUT2D eigenvalue weighted by Gasteiger charge is 2.74. The van der Waals surface area contributed by atoms with Crippen LogP contribution >= 0.6 is 0 Å². The van der Waals surface area contributed by atoms with Gasteiger partial charge in [-0.3, -0.25) is 0 Å². The maximum atomic E-state index is 13.1. The van der Waals surface area contributed by atoms with Crippen LogP contribution in [0.25, 0.3) is 0 Å². The van der Waals surface area contributed by atoms with E-state index in [9.17, 15) is 4.80 Å². The van der Waals surface area contributed by atoms with Crippen molar-refractivity contribution in [1.82, 2.24) is 0 Å². The molecule has 0 amide bonds. The Balaban J connectivity index is 1.14. The largest absolute Gasteiger partial charge is 0.424 e. The van der Waals surface area contributed by atoms with Crippen LogP contribution in [0.2, 0.25) is 5.04 Å². The molecule has 7 nitrogen and oxygen atoms in total. The van der Waals surface area contributed by atoms with Crippen molar-refractivity contribution in [3.8, 4) is 0 Å². The van der Waals surface area contributed by atoms with Gasteiger partial charge in [-0.15, -0.1) is 0 Å². The Morgan fingerprint density at radius 1 is 0.796 bits per heavy atom. The van der Waals surface area contributed by atoms with Gasteiger partial charge in [0.25, 0.3) is 8.32 Å². The molecule has 0 bridgehead atoms. The molecule has 4 saturated heterocycles. The molecule has 8 atom stereocenters. The van der Waals surface area contributed by atoms with Crippen molar-refractivity contribution >= 4 is 18.7 Å². The van der Waals surface area contributed by atoms with Crippen molar-refractivity contribution in [2.45, 2.75) is 108 Å². The lowest BCUT2D eigenvalue weighted by molar-refractivity contribution is -0.418. The molecule has 4 heterocycles. The second-order valence-electron chi connectivity index (χ2n) is 16.7. The fraction of sp³-hybridized carbons (Fsp3) is 0.561.